The van der Waals surface area contributed by atoms with Gasteiger partial charge in [0.25, 0.3) is 0 Å². The largest absolute Gasteiger partial charge is 0.508 e. The molecule has 1 aromatic rings. The highest BCUT2D eigenvalue weighted by Crippen LogP contribution is 2.15. The Morgan fingerprint density at radius 2 is 2.18 bits per heavy atom. The van der Waals surface area contributed by atoms with Crippen LogP contribution in [-0.2, 0) is 11.3 Å². The summed E-state index contributed by atoms with van der Waals surface area (Å²) in [7, 11) is 1.69. The number of nitrogens with one attached hydrogen (secondary N) is 1. The fourth-order valence-electron chi connectivity index (χ4n) is 1.72. The van der Waals surface area contributed by atoms with Crippen molar-refractivity contribution in [2.24, 2.45) is 5.73 Å². The van der Waals surface area contributed by atoms with Crippen molar-refractivity contribution in [3.63, 3.8) is 0 Å². The van der Waals surface area contributed by atoms with Gasteiger partial charge in [0.15, 0.2) is 0 Å². The van der Waals surface area contributed by atoms with Crippen molar-refractivity contribution in [2.45, 2.75) is 25.4 Å². The summed E-state index contributed by atoms with van der Waals surface area (Å²) in [5, 5.41) is 13.0. The van der Waals surface area contributed by atoms with E-state index in [1.807, 2.05) is 18.2 Å². The van der Waals surface area contributed by atoms with Gasteiger partial charge in [-0.3, -0.25) is 0 Å². The maximum atomic E-state index is 9.64. The number of methoxy groups -OCH3 is 1. The lowest BCUT2D eigenvalue weighted by Gasteiger charge is -2.18. The summed E-state index contributed by atoms with van der Waals surface area (Å²) in [6.45, 7) is 2.00. The van der Waals surface area contributed by atoms with Crippen LogP contribution in [0, 0.1) is 0 Å². The van der Waals surface area contributed by atoms with Crippen molar-refractivity contribution in [3.05, 3.63) is 29.8 Å². The van der Waals surface area contributed by atoms with Crippen molar-refractivity contribution in [1.82, 2.24) is 5.32 Å². The Balaban J connectivity index is 2.42. The van der Waals surface area contributed by atoms with Crippen LogP contribution in [0.1, 0.15) is 18.4 Å². The summed E-state index contributed by atoms with van der Waals surface area (Å²) in [5.74, 6) is 0.329. The van der Waals surface area contributed by atoms with E-state index in [-0.39, 0.29) is 6.04 Å². The number of para-hydroxylation sites is 1. The molecule has 0 saturated heterocycles. The van der Waals surface area contributed by atoms with Crippen LogP contribution < -0.4 is 11.1 Å². The Hall–Kier alpha value is -1.10. The first-order valence-electron chi connectivity index (χ1n) is 5.97. The number of aromatic hydroxyl groups is 1. The molecule has 0 aliphatic rings. The zero-order chi connectivity index (χ0) is 12.5. The maximum Gasteiger partial charge on any atom is 0.120 e. The average Bonchev–Trinajstić information content (AvgIpc) is 2.34. The van der Waals surface area contributed by atoms with Gasteiger partial charge in [-0.05, 0) is 25.5 Å². The highest BCUT2D eigenvalue weighted by Gasteiger charge is 2.08. The summed E-state index contributed by atoms with van der Waals surface area (Å²) in [6.07, 6.45) is 1.96. The summed E-state index contributed by atoms with van der Waals surface area (Å²) in [4.78, 5) is 0. The zero-order valence-electron chi connectivity index (χ0n) is 10.4. The second-order valence-corrected chi connectivity index (χ2v) is 4.09. The molecule has 0 aliphatic heterocycles. The Labute approximate surface area is 103 Å². The molecule has 4 heteroatoms. The normalized spacial score (nSPS) is 12.6. The lowest BCUT2D eigenvalue weighted by Crippen LogP contribution is -2.33. The second-order valence-electron chi connectivity index (χ2n) is 4.09. The Morgan fingerprint density at radius 3 is 2.82 bits per heavy atom. The molecule has 17 heavy (non-hydrogen) atoms. The average molecular weight is 238 g/mol. The third-order valence-corrected chi connectivity index (χ3v) is 2.70. The Morgan fingerprint density at radius 1 is 1.41 bits per heavy atom. The molecular formula is C13H22N2O2. The van der Waals surface area contributed by atoms with Gasteiger partial charge in [-0.1, -0.05) is 18.2 Å². The number of phenolic OH excluding ortho intramolecular Hbond substituents is 1. The molecule has 4 N–H and O–H groups in total. The number of phenols is 1. The molecule has 1 unspecified atom stereocenters. The van der Waals surface area contributed by atoms with Crippen molar-refractivity contribution in [2.75, 3.05) is 20.3 Å². The lowest BCUT2D eigenvalue weighted by atomic mass is 10.1. The fourth-order valence-corrected chi connectivity index (χ4v) is 1.72. The number of ether oxygens (including phenoxy) is 1. The number of hydrogen-bond acceptors (Lipinski definition) is 4. The van der Waals surface area contributed by atoms with E-state index >= 15 is 0 Å². The second kappa shape index (κ2) is 8.06. The third kappa shape index (κ3) is 5.17. The van der Waals surface area contributed by atoms with Crippen LogP contribution in [-0.4, -0.2) is 31.4 Å². The van der Waals surface area contributed by atoms with Gasteiger partial charge in [-0.25, -0.2) is 0 Å². The summed E-state index contributed by atoms with van der Waals surface area (Å²) >= 11 is 0. The fraction of sp³-hybridized carbons (Fsp3) is 0.538. The molecule has 4 nitrogen and oxygen atoms in total. The van der Waals surface area contributed by atoms with E-state index in [1.54, 1.807) is 13.2 Å². The van der Waals surface area contributed by atoms with E-state index in [4.69, 9.17) is 10.5 Å². The quantitative estimate of drug-likeness (QED) is 0.637. The highest BCUT2D eigenvalue weighted by molar-refractivity contribution is 5.31. The molecule has 0 spiro atoms. The van der Waals surface area contributed by atoms with E-state index in [9.17, 15) is 5.11 Å². The van der Waals surface area contributed by atoms with Gasteiger partial charge < -0.3 is 20.9 Å². The minimum atomic E-state index is 0.281. The first-order valence-corrected chi connectivity index (χ1v) is 5.97. The van der Waals surface area contributed by atoms with Crippen LogP contribution in [0.5, 0.6) is 5.75 Å². The lowest BCUT2D eigenvalue weighted by molar-refractivity contribution is 0.161. The number of nitrogens with two attached hydrogens (primary N) is 1. The van der Waals surface area contributed by atoms with E-state index in [1.165, 1.54) is 0 Å². The minimum absolute atomic E-state index is 0.281. The van der Waals surface area contributed by atoms with Crippen LogP contribution in [0.2, 0.25) is 0 Å². The third-order valence-electron chi connectivity index (χ3n) is 2.70. The maximum absolute atomic E-state index is 9.64. The van der Waals surface area contributed by atoms with Gasteiger partial charge in [0, 0.05) is 25.3 Å². The van der Waals surface area contributed by atoms with Gasteiger partial charge in [-0.15, -0.1) is 0 Å². The molecule has 0 aromatic heterocycles. The van der Waals surface area contributed by atoms with Crippen LogP contribution in [0.25, 0.3) is 0 Å². The van der Waals surface area contributed by atoms with Gasteiger partial charge in [0.1, 0.15) is 5.75 Å². The van der Waals surface area contributed by atoms with E-state index in [2.05, 4.69) is 5.32 Å². The molecule has 0 aliphatic carbocycles. The SMILES string of the molecule is COCC(CCCN)NCc1ccccc1O. The van der Waals surface area contributed by atoms with Crippen LogP contribution >= 0.6 is 0 Å². The number of hydrogen-bond donors (Lipinski definition) is 3. The summed E-state index contributed by atoms with van der Waals surface area (Å²) < 4.78 is 5.15. The molecule has 0 fully saturated rings. The Bertz CT molecular complexity index is 318. The molecule has 0 amide bonds. The molecule has 0 bridgehead atoms. The summed E-state index contributed by atoms with van der Waals surface area (Å²) in [6, 6.07) is 7.63. The monoisotopic (exact) mass is 238 g/mol. The van der Waals surface area contributed by atoms with Crippen molar-refractivity contribution in [1.29, 1.82) is 0 Å². The first kappa shape index (κ1) is 14.0. The molecule has 0 saturated carbocycles. The zero-order valence-corrected chi connectivity index (χ0v) is 10.4. The van der Waals surface area contributed by atoms with E-state index in [0.717, 1.165) is 18.4 Å². The van der Waals surface area contributed by atoms with Crippen LogP contribution in [0.15, 0.2) is 24.3 Å². The Kier molecular flexibility index (Phi) is 6.62. The molecule has 0 heterocycles. The standard InChI is InChI=1S/C13H22N2O2/c1-17-10-12(6-4-8-14)15-9-11-5-2-3-7-13(11)16/h2-3,5,7,12,15-16H,4,6,8-10,14H2,1H3. The van der Waals surface area contributed by atoms with E-state index < -0.39 is 0 Å². The predicted molar refractivity (Wildman–Crippen MR) is 68.9 cm³/mol. The topological polar surface area (TPSA) is 67.5 Å². The molecule has 0 radical (unpaired) electrons. The highest BCUT2D eigenvalue weighted by atomic mass is 16.5. The summed E-state index contributed by atoms with van der Waals surface area (Å²) in [5.41, 5.74) is 6.40. The van der Waals surface area contributed by atoms with Crippen molar-refractivity contribution >= 4 is 0 Å². The van der Waals surface area contributed by atoms with E-state index in [0.29, 0.717) is 25.4 Å². The predicted octanol–water partition coefficient (Wildman–Crippen LogP) is 1.24. The van der Waals surface area contributed by atoms with Crippen LogP contribution in [0.3, 0.4) is 0 Å². The smallest absolute Gasteiger partial charge is 0.120 e. The number of benzene rings is 1. The van der Waals surface area contributed by atoms with Gasteiger partial charge in [0.2, 0.25) is 0 Å². The minimum Gasteiger partial charge on any atom is -0.508 e. The first-order chi connectivity index (χ1) is 8.27. The van der Waals surface area contributed by atoms with Gasteiger partial charge >= 0.3 is 0 Å². The van der Waals surface area contributed by atoms with Crippen molar-refractivity contribution < 1.29 is 9.84 Å². The molecule has 1 rings (SSSR count). The van der Waals surface area contributed by atoms with Crippen molar-refractivity contribution in [3.8, 4) is 5.75 Å². The van der Waals surface area contributed by atoms with Gasteiger partial charge in [0.05, 0.1) is 6.61 Å². The molecule has 1 aromatic carbocycles. The number of rotatable bonds is 8. The van der Waals surface area contributed by atoms with Crippen LogP contribution in [0.4, 0.5) is 0 Å². The molecule has 96 valence electrons. The molecule has 1 atom stereocenters. The molecular weight excluding hydrogens is 216 g/mol. The van der Waals surface area contributed by atoms with Gasteiger partial charge in [-0.2, -0.15) is 0 Å².